The molecule has 0 radical (unpaired) electrons. The first kappa shape index (κ1) is 26.9. The lowest BCUT2D eigenvalue weighted by atomic mass is 10.1. The van der Waals surface area contributed by atoms with Crippen LogP contribution in [0.25, 0.3) is 6.08 Å². The maximum atomic E-state index is 13.5. The fourth-order valence-electron chi connectivity index (χ4n) is 3.59. The number of thiocarbonyl (C=S) groups is 1. The van der Waals surface area contributed by atoms with Crippen LogP contribution in [0, 0.1) is 5.82 Å². The minimum absolute atomic E-state index is 0.0490. The summed E-state index contributed by atoms with van der Waals surface area (Å²) >= 11 is 24.4. The van der Waals surface area contributed by atoms with E-state index in [-0.39, 0.29) is 45.6 Å². The summed E-state index contributed by atoms with van der Waals surface area (Å²) in [6.45, 7) is -0.235. The van der Waals surface area contributed by atoms with Crippen LogP contribution in [0.1, 0.15) is 11.1 Å². The summed E-state index contributed by atoms with van der Waals surface area (Å²) < 4.78 is 23.9. The molecular formula is C26H18Cl3FN2O4S. The molecule has 3 aromatic carbocycles. The second-order valence-corrected chi connectivity index (χ2v) is 9.44. The molecule has 11 heteroatoms. The van der Waals surface area contributed by atoms with Gasteiger partial charge in [0.15, 0.2) is 10.9 Å². The van der Waals surface area contributed by atoms with E-state index < -0.39 is 11.9 Å². The summed E-state index contributed by atoms with van der Waals surface area (Å²) in [6, 6.07) is 15.6. The summed E-state index contributed by atoms with van der Waals surface area (Å²) in [5.41, 5.74) is 1.66. The number of carbonyl (C=O) groups is 2. The van der Waals surface area contributed by atoms with Gasteiger partial charge in [-0.05, 0) is 78.0 Å². The van der Waals surface area contributed by atoms with Crippen LogP contribution in [0.4, 0.5) is 10.1 Å². The van der Waals surface area contributed by atoms with Crippen molar-refractivity contribution in [2.45, 2.75) is 6.61 Å². The smallest absolute Gasteiger partial charge is 0.325 e. The van der Waals surface area contributed by atoms with E-state index in [1.165, 1.54) is 35.1 Å². The van der Waals surface area contributed by atoms with Crippen LogP contribution in [-0.2, 0) is 20.9 Å². The Morgan fingerprint density at radius 3 is 2.35 bits per heavy atom. The molecule has 0 spiro atoms. The molecule has 1 aliphatic rings. The maximum Gasteiger partial charge on any atom is 0.325 e. The molecule has 190 valence electrons. The van der Waals surface area contributed by atoms with E-state index in [9.17, 15) is 14.0 Å². The zero-order valence-electron chi connectivity index (χ0n) is 19.2. The summed E-state index contributed by atoms with van der Waals surface area (Å²) in [5.74, 6) is -1.23. The Hall–Kier alpha value is -3.17. The minimum Gasteiger partial charge on any atom is -0.486 e. The first-order chi connectivity index (χ1) is 17.7. The molecule has 1 fully saturated rings. The summed E-state index contributed by atoms with van der Waals surface area (Å²) in [7, 11) is 1.24. The monoisotopic (exact) mass is 578 g/mol. The van der Waals surface area contributed by atoms with Gasteiger partial charge in [0.25, 0.3) is 5.91 Å². The number of esters is 1. The summed E-state index contributed by atoms with van der Waals surface area (Å²) in [6.07, 6.45) is 1.52. The Kier molecular flexibility index (Phi) is 8.34. The van der Waals surface area contributed by atoms with Crippen molar-refractivity contribution in [3.05, 3.63) is 98.4 Å². The van der Waals surface area contributed by atoms with Crippen molar-refractivity contribution in [1.82, 2.24) is 4.90 Å². The van der Waals surface area contributed by atoms with E-state index in [2.05, 4.69) is 0 Å². The number of nitrogens with zero attached hydrogens (tertiary/aromatic N) is 2. The highest BCUT2D eigenvalue weighted by atomic mass is 35.5. The molecule has 0 aliphatic carbocycles. The molecule has 37 heavy (non-hydrogen) atoms. The van der Waals surface area contributed by atoms with Crippen molar-refractivity contribution in [2.24, 2.45) is 0 Å². The Morgan fingerprint density at radius 1 is 1.05 bits per heavy atom. The number of amides is 1. The second kappa shape index (κ2) is 11.5. The molecule has 0 N–H and O–H groups in total. The molecule has 0 saturated carbocycles. The van der Waals surface area contributed by atoms with Crippen molar-refractivity contribution >= 4 is 75.8 Å². The standard InChI is InChI=1S/C26H18Cl3FN2O4S/c1-35-23(33)13-31-22(25(34)32(26(31)37)19-7-5-17(27)6-8-19)12-16-10-20(28)24(21(29)11-16)36-14-15-3-2-4-18(30)9-15/h2-12H,13-14H2,1H3/b22-12-. The van der Waals surface area contributed by atoms with Gasteiger partial charge in [0.05, 0.1) is 22.8 Å². The number of hydrogen-bond acceptors (Lipinski definition) is 5. The van der Waals surface area contributed by atoms with Gasteiger partial charge in [0.1, 0.15) is 24.7 Å². The lowest BCUT2D eigenvalue weighted by Gasteiger charge is -2.19. The van der Waals surface area contributed by atoms with Crippen molar-refractivity contribution in [3.63, 3.8) is 0 Å². The van der Waals surface area contributed by atoms with E-state index >= 15 is 0 Å². The van der Waals surface area contributed by atoms with Crippen LogP contribution >= 0.6 is 47.0 Å². The van der Waals surface area contributed by atoms with Crippen LogP contribution in [-0.4, -0.2) is 35.5 Å². The van der Waals surface area contributed by atoms with E-state index in [4.69, 9.17) is 56.5 Å². The molecule has 1 aliphatic heterocycles. The molecule has 1 saturated heterocycles. The molecule has 1 amide bonds. The number of halogens is 4. The molecule has 1 heterocycles. The third kappa shape index (κ3) is 6.05. The van der Waals surface area contributed by atoms with Gasteiger partial charge in [-0.25, -0.2) is 4.39 Å². The van der Waals surface area contributed by atoms with E-state index in [0.29, 0.717) is 21.8 Å². The van der Waals surface area contributed by atoms with Gasteiger partial charge in [0, 0.05) is 5.02 Å². The fraction of sp³-hybridized carbons (Fsp3) is 0.115. The number of ether oxygens (including phenoxy) is 2. The van der Waals surface area contributed by atoms with Gasteiger partial charge in [-0.3, -0.25) is 14.5 Å². The Balaban J connectivity index is 1.66. The zero-order chi connectivity index (χ0) is 26.7. The van der Waals surface area contributed by atoms with Gasteiger partial charge in [0.2, 0.25) is 0 Å². The fourth-order valence-corrected chi connectivity index (χ4v) is 4.68. The molecular weight excluding hydrogens is 562 g/mol. The Labute approximate surface area is 232 Å². The number of hydrogen-bond donors (Lipinski definition) is 0. The second-order valence-electron chi connectivity index (χ2n) is 7.82. The van der Waals surface area contributed by atoms with Crippen LogP contribution < -0.4 is 9.64 Å². The third-order valence-corrected chi connectivity index (χ3v) is 6.55. The van der Waals surface area contributed by atoms with Crippen LogP contribution in [0.3, 0.4) is 0 Å². The lowest BCUT2D eigenvalue weighted by Crippen LogP contribution is -2.35. The zero-order valence-corrected chi connectivity index (χ0v) is 22.3. The van der Waals surface area contributed by atoms with Gasteiger partial charge < -0.3 is 14.4 Å². The van der Waals surface area contributed by atoms with Crippen LogP contribution in [0.5, 0.6) is 5.75 Å². The normalized spacial score (nSPS) is 14.5. The third-order valence-electron chi connectivity index (χ3n) is 5.33. The van der Waals surface area contributed by atoms with Crippen LogP contribution in [0.15, 0.2) is 66.4 Å². The minimum atomic E-state index is -0.587. The van der Waals surface area contributed by atoms with Gasteiger partial charge >= 0.3 is 5.97 Å². The van der Waals surface area contributed by atoms with Gasteiger partial charge in [-0.1, -0.05) is 46.9 Å². The van der Waals surface area contributed by atoms with Crippen molar-refractivity contribution in [2.75, 3.05) is 18.6 Å². The molecule has 4 rings (SSSR count). The molecule has 0 bridgehead atoms. The number of methoxy groups -OCH3 is 1. The highest BCUT2D eigenvalue weighted by molar-refractivity contribution is 7.80. The molecule has 3 aromatic rings. The SMILES string of the molecule is COC(=O)CN1C(=S)N(c2ccc(Cl)cc2)C(=O)/C1=C/c1cc(Cl)c(OCc2cccc(F)c2)c(Cl)c1. The number of anilines is 1. The Morgan fingerprint density at radius 2 is 1.73 bits per heavy atom. The van der Waals surface area contributed by atoms with E-state index in [1.54, 1.807) is 48.5 Å². The number of benzene rings is 3. The van der Waals surface area contributed by atoms with Crippen LogP contribution in [0.2, 0.25) is 15.1 Å². The molecule has 0 unspecified atom stereocenters. The first-order valence-corrected chi connectivity index (χ1v) is 12.3. The molecule has 6 nitrogen and oxygen atoms in total. The topological polar surface area (TPSA) is 59.1 Å². The molecule has 0 atom stereocenters. The van der Waals surface area contributed by atoms with E-state index in [1.807, 2.05) is 0 Å². The maximum absolute atomic E-state index is 13.5. The first-order valence-electron chi connectivity index (χ1n) is 10.7. The lowest BCUT2D eigenvalue weighted by molar-refractivity contribution is -0.140. The number of rotatable bonds is 7. The highest BCUT2D eigenvalue weighted by Gasteiger charge is 2.40. The predicted octanol–water partition coefficient (Wildman–Crippen LogP) is 6.51. The quantitative estimate of drug-likeness (QED) is 0.181. The summed E-state index contributed by atoms with van der Waals surface area (Å²) in [5, 5.41) is 0.944. The van der Waals surface area contributed by atoms with Gasteiger partial charge in [-0.2, -0.15) is 0 Å². The van der Waals surface area contributed by atoms with Gasteiger partial charge in [-0.15, -0.1) is 0 Å². The molecule has 0 aromatic heterocycles. The highest BCUT2D eigenvalue weighted by Crippen LogP contribution is 2.37. The predicted molar refractivity (Wildman–Crippen MR) is 145 cm³/mol. The largest absolute Gasteiger partial charge is 0.486 e. The van der Waals surface area contributed by atoms with Crippen molar-refractivity contribution in [1.29, 1.82) is 0 Å². The average molecular weight is 580 g/mol. The number of carbonyl (C=O) groups excluding carboxylic acids is 2. The van der Waals surface area contributed by atoms with E-state index in [0.717, 1.165) is 0 Å². The Bertz CT molecular complexity index is 1390. The van der Waals surface area contributed by atoms with Crippen molar-refractivity contribution in [3.8, 4) is 5.75 Å². The average Bonchev–Trinajstić information content (AvgIpc) is 3.08. The van der Waals surface area contributed by atoms with Crippen molar-refractivity contribution < 1.29 is 23.5 Å². The summed E-state index contributed by atoms with van der Waals surface area (Å²) in [4.78, 5) is 28.2.